The average molecular weight is 246 g/mol. The summed E-state index contributed by atoms with van der Waals surface area (Å²) < 4.78 is 0.597. The van der Waals surface area contributed by atoms with Crippen molar-refractivity contribution in [2.45, 2.75) is 13.8 Å². The van der Waals surface area contributed by atoms with Crippen molar-refractivity contribution in [1.29, 1.82) is 0 Å². The van der Waals surface area contributed by atoms with Gasteiger partial charge in [0.2, 0.25) is 11.0 Å². The number of aromatic nitrogens is 2. The van der Waals surface area contributed by atoms with Gasteiger partial charge in [-0.05, 0) is 18.1 Å². The third-order valence-corrected chi connectivity index (χ3v) is 2.59. The standard InChI is InChI=1S/C8H14N4OS2/c1-5(2)3-9-6(13)4-10-7-11-12-8(14)15-7/h5H,3-4H2,1-2H3,(H,9,13)(H,10,11)(H,12,14). The number of nitrogens with zero attached hydrogens (tertiary/aromatic N) is 1. The van der Waals surface area contributed by atoms with Gasteiger partial charge in [0.05, 0.1) is 6.54 Å². The van der Waals surface area contributed by atoms with E-state index in [0.717, 1.165) is 0 Å². The Labute approximate surface area is 97.3 Å². The van der Waals surface area contributed by atoms with Crippen molar-refractivity contribution in [3.8, 4) is 0 Å². The molecule has 5 nitrogen and oxygen atoms in total. The molecule has 1 amide bonds. The summed E-state index contributed by atoms with van der Waals surface area (Å²) in [6.45, 7) is 5.01. The van der Waals surface area contributed by atoms with Crippen molar-refractivity contribution < 1.29 is 4.79 Å². The maximum absolute atomic E-state index is 11.3. The lowest BCUT2D eigenvalue weighted by atomic mass is 10.2. The highest BCUT2D eigenvalue weighted by atomic mass is 32.1. The van der Waals surface area contributed by atoms with Crippen LogP contribution in [0.3, 0.4) is 0 Å². The largest absolute Gasteiger partial charge is 0.354 e. The fourth-order valence-electron chi connectivity index (χ4n) is 0.842. The molecular formula is C8H14N4OS2. The molecule has 0 unspecified atom stereocenters. The van der Waals surface area contributed by atoms with Crippen molar-refractivity contribution in [2.75, 3.05) is 18.4 Å². The molecule has 0 fully saturated rings. The second-order valence-corrected chi connectivity index (χ2v) is 5.14. The van der Waals surface area contributed by atoms with Crippen LogP contribution in [-0.2, 0) is 4.79 Å². The van der Waals surface area contributed by atoms with Gasteiger partial charge in [-0.2, -0.15) is 0 Å². The Hall–Kier alpha value is -0.950. The van der Waals surface area contributed by atoms with Gasteiger partial charge in [-0.15, -0.1) is 5.10 Å². The molecule has 1 rings (SSSR count). The van der Waals surface area contributed by atoms with E-state index < -0.39 is 0 Å². The van der Waals surface area contributed by atoms with Crippen LogP contribution >= 0.6 is 23.6 Å². The van der Waals surface area contributed by atoms with Crippen molar-refractivity contribution in [3.05, 3.63) is 3.95 Å². The zero-order chi connectivity index (χ0) is 11.3. The molecule has 3 N–H and O–H groups in total. The maximum Gasteiger partial charge on any atom is 0.239 e. The summed E-state index contributed by atoms with van der Waals surface area (Å²) in [6.07, 6.45) is 0. The van der Waals surface area contributed by atoms with E-state index in [9.17, 15) is 4.79 Å². The van der Waals surface area contributed by atoms with Crippen LogP contribution in [0.4, 0.5) is 5.13 Å². The van der Waals surface area contributed by atoms with Gasteiger partial charge in [0.1, 0.15) is 0 Å². The minimum atomic E-state index is -0.0372. The topological polar surface area (TPSA) is 69.8 Å². The Balaban J connectivity index is 2.25. The van der Waals surface area contributed by atoms with E-state index in [0.29, 0.717) is 21.5 Å². The van der Waals surface area contributed by atoms with Gasteiger partial charge in [0, 0.05) is 6.54 Å². The first-order chi connectivity index (χ1) is 7.08. The molecule has 0 aliphatic carbocycles. The molecule has 1 aromatic heterocycles. The number of aromatic amines is 1. The molecule has 0 atom stereocenters. The fraction of sp³-hybridized carbons (Fsp3) is 0.625. The number of amides is 1. The minimum Gasteiger partial charge on any atom is -0.354 e. The Morgan fingerprint density at radius 3 is 2.93 bits per heavy atom. The van der Waals surface area contributed by atoms with Crippen LogP contribution in [0.15, 0.2) is 0 Å². The van der Waals surface area contributed by atoms with Gasteiger partial charge in [-0.3, -0.25) is 9.89 Å². The second-order valence-electron chi connectivity index (χ2n) is 3.47. The third-order valence-electron chi connectivity index (χ3n) is 1.55. The van der Waals surface area contributed by atoms with Crippen molar-refractivity contribution >= 4 is 34.6 Å². The van der Waals surface area contributed by atoms with Crippen LogP contribution in [0.5, 0.6) is 0 Å². The quantitative estimate of drug-likeness (QED) is 0.687. The van der Waals surface area contributed by atoms with Crippen LogP contribution in [-0.4, -0.2) is 29.2 Å². The van der Waals surface area contributed by atoms with Crippen LogP contribution in [0.1, 0.15) is 13.8 Å². The maximum atomic E-state index is 11.3. The number of rotatable bonds is 5. The Bertz CT molecular complexity index is 371. The number of carbonyl (C=O) groups is 1. The van der Waals surface area contributed by atoms with Crippen molar-refractivity contribution in [2.24, 2.45) is 5.92 Å². The molecule has 0 aliphatic rings. The predicted octanol–water partition coefficient (Wildman–Crippen LogP) is 1.38. The molecule has 1 aromatic rings. The smallest absolute Gasteiger partial charge is 0.239 e. The molecule has 0 radical (unpaired) electrons. The van der Waals surface area contributed by atoms with E-state index >= 15 is 0 Å². The van der Waals surface area contributed by atoms with Crippen LogP contribution in [0, 0.1) is 9.87 Å². The van der Waals surface area contributed by atoms with E-state index in [1.165, 1.54) is 11.3 Å². The van der Waals surface area contributed by atoms with E-state index in [4.69, 9.17) is 12.2 Å². The van der Waals surface area contributed by atoms with Gasteiger partial charge in [-0.25, -0.2) is 0 Å². The molecule has 0 bridgehead atoms. The first-order valence-electron chi connectivity index (χ1n) is 4.64. The SMILES string of the molecule is CC(C)CNC(=O)CNc1n[nH]c(=S)s1. The Kier molecular flexibility index (Phi) is 4.70. The first-order valence-corrected chi connectivity index (χ1v) is 5.86. The predicted molar refractivity (Wildman–Crippen MR) is 63.6 cm³/mol. The van der Waals surface area contributed by atoms with E-state index in [2.05, 4.69) is 20.8 Å². The molecule has 1 heterocycles. The molecule has 0 aliphatic heterocycles. The monoisotopic (exact) mass is 246 g/mol. The lowest BCUT2D eigenvalue weighted by molar-refractivity contribution is -0.119. The van der Waals surface area contributed by atoms with Gasteiger partial charge in [0.15, 0.2) is 3.95 Å². The number of H-pyrrole nitrogens is 1. The van der Waals surface area contributed by atoms with Crippen molar-refractivity contribution in [1.82, 2.24) is 15.5 Å². The van der Waals surface area contributed by atoms with Crippen LogP contribution in [0.2, 0.25) is 0 Å². The Morgan fingerprint density at radius 2 is 2.40 bits per heavy atom. The minimum absolute atomic E-state index is 0.0372. The summed E-state index contributed by atoms with van der Waals surface area (Å²) in [4.78, 5) is 11.3. The summed E-state index contributed by atoms with van der Waals surface area (Å²) in [6, 6.07) is 0. The Morgan fingerprint density at radius 1 is 1.67 bits per heavy atom. The normalized spacial score (nSPS) is 10.3. The van der Waals surface area contributed by atoms with Gasteiger partial charge in [0.25, 0.3) is 0 Å². The molecule has 0 saturated carbocycles. The highest BCUT2D eigenvalue weighted by Gasteiger charge is 2.03. The summed E-state index contributed by atoms with van der Waals surface area (Å²) in [5, 5.41) is 12.8. The second kappa shape index (κ2) is 5.82. The fourth-order valence-corrected chi connectivity index (χ4v) is 1.63. The summed E-state index contributed by atoms with van der Waals surface area (Å²) in [5.74, 6) is 0.422. The molecule has 7 heteroatoms. The lowest BCUT2D eigenvalue weighted by Crippen LogP contribution is -2.32. The van der Waals surface area contributed by atoms with Gasteiger partial charge >= 0.3 is 0 Å². The highest BCUT2D eigenvalue weighted by Crippen LogP contribution is 2.09. The average Bonchev–Trinajstić information content (AvgIpc) is 2.58. The summed E-state index contributed by atoms with van der Waals surface area (Å²) >= 11 is 6.17. The van der Waals surface area contributed by atoms with Crippen LogP contribution < -0.4 is 10.6 Å². The van der Waals surface area contributed by atoms with E-state index in [1.54, 1.807) is 0 Å². The number of carbonyl (C=O) groups excluding carboxylic acids is 1. The number of hydrogen-bond donors (Lipinski definition) is 3. The highest BCUT2D eigenvalue weighted by molar-refractivity contribution is 7.73. The van der Waals surface area contributed by atoms with E-state index in [-0.39, 0.29) is 12.5 Å². The summed E-state index contributed by atoms with van der Waals surface area (Å²) in [7, 11) is 0. The van der Waals surface area contributed by atoms with E-state index in [1.807, 2.05) is 13.8 Å². The third kappa shape index (κ3) is 4.89. The van der Waals surface area contributed by atoms with Gasteiger partial charge < -0.3 is 10.6 Å². The number of hydrogen-bond acceptors (Lipinski definition) is 5. The molecular weight excluding hydrogens is 232 g/mol. The molecule has 0 saturated heterocycles. The number of anilines is 1. The molecule has 0 aromatic carbocycles. The molecule has 84 valence electrons. The molecule has 0 spiro atoms. The zero-order valence-electron chi connectivity index (χ0n) is 8.66. The van der Waals surface area contributed by atoms with Crippen LogP contribution in [0.25, 0.3) is 0 Å². The first kappa shape index (κ1) is 12.1. The lowest BCUT2D eigenvalue weighted by Gasteiger charge is -2.07. The van der Waals surface area contributed by atoms with Gasteiger partial charge in [-0.1, -0.05) is 25.2 Å². The summed E-state index contributed by atoms with van der Waals surface area (Å²) in [5.41, 5.74) is 0. The van der Waals surface area contributed by atoms with Crippen molar-refractivity contribution in [3.63, 3.8) is 0 Å². The zero-order valence-corrected chi connectivity index (χ0v) is 10.3. The molecule has 15 heavy (non-hydrogen) atoms. The number of nitrogens with one attached hydrogen (secondary N) is 3.